The predicted molar refractivity (Wildman–Crippen MR) is 139 cm³/mol. The molecule has 0 bridgehead atoms. The van der Waals surface area contributed by atoms with Crippen LogP contribution in [0.1, 0.15) is 16.7 Å². The van der Waals surface area contributed by atoms with Gasteiger partial charge in [0.05, 0.1) is 17.4 Å². The molecule has 8 nitrogen and oxygen atoms in total. The largest absolute Gasteiger partial charge is 0.480 e. The van der Waals surface area contributed by atoms with Crippen LogP contribution in [0.3, 0.4) is 0 Å². The summed E-state index contributed by atoms with van der Waals surface area (Å²) >= 11 is 6.18. The van der Waals surface area contributed by atoms with Crippen LogP contribution in [-0.4, -0.2) is 34.5 Å². The summed E-state index contributed by atoms with van der Waals surface area (Å²) in [5.41, 5.74) is 1.74. The number of methoxy groups -OCH3 is 1. The molecule has 0 unspecified atom stereocenters. The van der Waals surface area contributed by atoms with E-state index in [9.17, 15) is 8.42 Å². The molecular formula is C26H21ClFN5O3S. The van der Waals surface area contributed by atoms with E-state index < -0.39 is 16.0 Å². The molecule has 0 atom stereocenters. The molecule has 0 saturated carbocycles. The van der Waals surface area contributed by atoms with E-state index in [-0.39, 0.29) is 28.4 Å². The minimum atomic E-state index is -3.98. The highest BCUT2D eigenvalue weighted by atomic mass is 35.5. The monoisotopic (exact) mass is 537 g/mol. The molecule has 0 aliphatic rings. The van der Waals surface area contributed by atoms with Crippen LogP contribution in [0.2, 0.25) is 5.02 Å². The number of pyridine rings is 1. The van der Waals surface area contributed by atoms with Crippen molar-refractivity contribution in [1.82, 2.24) is 18.9 Å². The van der Waals surface area contributed by atoms with Gasteiger partial charge in [0.15, 0.2) is 5.65 Å². The van der Waals surface area contributed by atoms with Crippen molar-refractivity contribution in [3.63, 3.8) is 0 Å². The number of ether oxygens (including phenoxy) is 1. The van der Waals surface area contributed by atoms with E-state index in [1.807, 2.05) is 18.2 Å². The lowest BCUT2D eigenvalue weighted by molar-refractivity contribution is 0.402. The number of nitrogens with zero attached hydrogens (tertiary/aromatic N) is 4. The Bertz CT molecular complexity index is 1690. The number of halogens is 2. The minimum absolute atomic E-state index is 0.0428. The quantitative estimate of drug-likeness (QED) is 0.276. The Morgan fingerprint density at radius 1 is 0.973 bits per heavy atom. The third-order valence-electron chi connectivity index (χ3n) is 5.81. The second-order valence-electron chi connectivity index (χ2n) is 8.12. The van der Waals surface area contributed by atoms with Gasteiger partial charge in [-0.05, 0) is 35.4 Å². The number of nitrogens with one attached hydrogen (secondary N) is 1. The molecule has 5 aromatic rings. The van der Waals surface area contributed by atoms with Gasteiger partial charge < -0.3 is 10.1 Å². The van der Waals surface area contributed by atoms with Gasteiger partial charge in [0.2, 0.25) is 11.8 Å². The third-order valence-corrected chi connectivity index (χ3v) is 7.85. The first-order chi connectivity index (χ1) is 17.9. The molecule has 3 heterocycles. The summed E-state index contributed by atoms with van der Waals surface area (Å²) in [7, 11) is -2.55. The van der Waals surface area contributed by atoms with Crippen LogP contribution < -0.4 is 10.1 Å². The van der Waals surface area contributed by atoms with Crippen LogP contribution >= 0.6 is 11.6 Å². The van der Waals surface area contributed by atoms with E-state index in [2.05, 4.69) is 20.3 Å². The van der Waals surface area contributed by atoms with Crippen molar-refractivity contribution in [3.8, 4) is 5.88 Å². The summed E-state index contributed by atoms with van der Waals surface area (Å²) in [5.74, 6) is -0.156. The Morgan fingerprint density at radius 3 is 2.46 bits per heavy atom. The molecule has 1 N–H and O–H groups in total. The molecule has 0 saturated heterocycles. The van der Waals surface area contributed by atoms with Gasteiger partial charge in [-0.25, -0.2) is 27.3 Å². The summed E-state index contributed by atoms with van der Waals surface area (Å²) < 4.78 is 48.3. The Hall–Kier alpha value is -4.02. The van der Waals surface area contributed by atoms with Gasteiger partial charge >= 0.3 is 0 Å². The molecule has 2 aromatic carbocycles. The van der Waals surface area contributed by atoms with Gasteiger partial charge in [-0.15, -0.1) is 0 Å². The fourth-order valence-electron chi connectivity index (χ4n) is 3.98. The average molecular weight is 538 g/mol. The predicted octanol–water partition coefficient (Wildman–Crippen LogP) is 5.07. The first-order valence-electron chi connectivity index (χ1n) is 11.2. The Kier molecular flexibility index (Phi) is 6.77. The van der Waals surface area contributed by atoms with Gasteiger partial charge in [0, 0.05) is 29.7 Å². The van der Waals surface area contributed by atoms with Crippen molar-refractivity contribution < 1.29 is 17.5 Å². The minimum Gasteiger partial charge on any atom is -0.480 e. The van der Waals surface area contributed by atoms with Crippen molar-refractivity contribution in [3.05, 3.63) is 107 Å². The number of rotatable bonds is 8. The maximum Gasteiger partial charge on any atom is 0.269 e. The summed E-state index contributed by atoms with van der Waals surface area (Å²) in [6, 6.07) is 18.6. The standard InChI is InChI=1S/C26H21ClFN5O3S/c1-36-26-23-19(15-33(25(23)30-16-31-26)37(34,35)20-8-3-2-4-9-20)13-17-11-12-22(32-24(17)28)29-14-18-7-5-6-10-21(18)27/h2-12,15-16H,13-14H2,1H3,(H,29,32). The number of hydrogen-bond donors (Lipinski definition) is 1. The lowest BCUT2D eigenvalue weighted by Gasteiger charge is -2.09. The maximum absolute atomic E-state index is 15.1. The lowest BCUT2D eigenvalue weighted by Crippen LogP contribution is -2.12. The average Bonchev–Trinajstić information content (AvgIpc) is 3.29. The highest BCUT2D eigenvalue weighted by molar-refractivity contribution is 7.90. The van der Waals surface area contributed by atoms with E-state index in [0.717, 1.165) is 9.54 Å². The molecule has 37 heavy (non-hydrogen) atoms. The zero-order chi connectivity index (χ0) is 26.0. The van der Waals surface area contributed by atoms with Gasteiger partial charge in [0.1, 0.15) is 12.1 Å². The van der Waals surface area contributed by atoms with Crippen LogP contribution in [0.5, 0.6) is 5.88 Å². The molecular weight excluding hydrogens is 517 g/mol. The van der Waals surface area contributed by atoms with Gasteiger partial charge in [-0.1, -0.05) is 54.1 Å². The van der Waals surface area contributed by atoms with Gasteiger partial charge in [-0.2, -0.15) is 4.39 Å². The van der Waals surface area contributed by atoms with E-state index in [0.29, 0.717) is 28.3 Å². The molecule has 0 aliphatic heterocycles. The summed E-state index contributed by atoms with van der Waals surface area (Å²) in [6.45, 7) is 0.380. The zero-order valence-corrected chi connectivity index (χ0v) is 21.2. The summed E-state index contributed by atoms with van der Waals surface area (Å²) in [6.07, 6.45) is 2.69. The van der Waals surface area contributed by atoms with Crippen LogP contribution in [0.4, 0.5) is 10.2 Å². The van der Waals surface area contributed by atoms with Crippen molar-refractivity contribution >= 4 is 38.5 Å². The number of fused-ring (bicyclic) bond motifs is 1. The Labute approximate surface area is 217 Å². The zero-order valence-electron chi connectivity index (χ0n) is 19.6. The number of aromatic nitrogens is 4. The molecule has 0 amide bonds. The number of benzene rings is 2. The Balaban J connectivity index is 1.49. The summed E-state index contributed by atoms with van der Waals surface area (Å²) in [5, 5.41) is 4.05. The van der Waals surface area contributed by atoms with Crippen LogP contribution in [0.25, 0.3) is 11.0 Å². The molecule has 0 radical (unpaired) electrons. The fourth-order valence-corrected chi connectivity index (χ4v) is 5.54. The van der Waals surface area contributed by atoms with Crippen molar-refractivity contribution in [2.75, 3.05) is 12.4 Å². The first kappa shape index (κ1) is 24.7. The van der Waals surface area contributed by atoms with E-state index in [1.54, 1.807) is 36.4 Å². The number of anilines is 1. The van der Waals surface area contributed by atoms with Crippen molar-refractivity contribution in [2.45, 2.75) is 17.9 Å². The summed E-state index contributed by atoms with van der Waals surface area (Å²) in [4.78, 5) is 12.5. The first-order valence-corrected chi connectivity index (χ1v) is 13.0. The van der Waals surface area contributed by atoms with Crippen LogP contribution in [0, 0.1) is 5.95 Å². The van der Waals surface area contributed by atoms with Gasteiger partial charge in [0.25, 0.3) is 10.0 Å². The molecule has 0 fully saturated rings. The number of hydrogen-bond acceptors (Lipinski definition) is 7. The maximum atomic E-state index is 15.1. The molecule has 0 aliphatic carbocycles. The van der Waals surface area contributed by atoms with Crippen molar-refractivity contribution in [1.29, 1.82) is 0 Å². The van der Waals surface area contributed by atoms with Crippen molar-refractivity contribution in [2.24, 2.45) is 0 Å². The topological polar surface area (TPSA) is 99.0 Å². The molecule has 3 aromatic heterocycles. The lowest BCUT2D eigenvalue weighted by atomic mass is 10.1. The highest BCUT2D eigenvalue weighted by Crippen LogP contribution is 2.32. The molecule has 11 heteroatoms. The van der Waals surface area contributed by atoms with Gasteiger partial charge in [-0.3, -0.25) is 0 Å². The smallest absolute Gasteiger partial charge is 0.269 e. The van der Waals surface area contributed by atoms with E-state index >= 15 is 4.39 Å². The highest BCUT2D eigenvalue weighted by Gasteiger charge is 2.25. The molecule has 188 valence electrons. The fraction of sp³-hybridized carbons (Fsp3) is 0.115. The normalized spacial score (nSPS) is 11.5. The van der Waals surface area contributed by atoms with Crippen LogP contribution in [-0.2, 0) is 23.0 Å². The third kappa shape index (κ3) is 4.85. The van der Waals surface area contributed by atoms with E-state index in [1.165, 1.54) is 31.8 Å². The Morgan fingerprint density at radius 2 is 1.73 bits per heavy atom. The second-order valence-corrected chi connectivity index (χ2v) is 10.3. The second kappa shape index (κ2) is 10.2. The molecule has 5 rings (SSSR count). The van der Waals surface area contributed by atoms with E-state index in [4.69, 9.17) is 16.3 Å². The van der Waals surface area contributed by atoms with Crippen LogP contribution in [0.15, 0.2) is 84.1 Å². The SMILES string of the molecule is COc1ncnc2c1c(Cc1ccc(NCc3ccccc3Cl)nc1F)cn2S(=O)(=O)c1ccccc1. The molecule has 0 spiro atoms.